The third-order valence-electron chi connectivity index (χ3n) is 9.97. The lowest BCUT2D eigenvalue weighted by atomic mass is 10.2. The van der Waals surface area contributed by atoms with Gasteiger partial charge in [-0.3, -0.25) is 56.5 Å². The summed E-state index contributed by atoms with van der Waals surface area (Å²) in [6, 6.07) is -2.02. The summed E-state index contributed by atoms with van der Waals surface area (Å²) in [5.74, 6) is -6.13. The van der Waals surface area contributed by atoms with E-state index >= 15 is 0 Å². The number of phosphoric ester groups is 2. The lowest BCUT2D eigenvalue weighted by Gasteiger charge is -2.21. The number of ether oxygens (including phenoxy) is 6. The molecule has 28 heteroatoms. The molecule has 430 valence electrons. The third-order valence-corrected chi connectivity index (χ3v) is 11.9. The number of Topliss-reactive ketones (excluding diaryl/α,β-unsaturated/α-hetero) is 2. The zero-order valence-corrected chi connectivity index (χ0v) is 46.2. The van der Waals surface area contributed by atoms with Gasteiger partial charge in [-0.2, -0.15) is 0 Å². The van der Waals surface area contributed by atoms with Crippen molar-refractivity contribution in [1.29, 1.82) is 0 Å². The van der Waals surface area contributed by atoms with Gasteiger partial charge >= 0.3 is 27.6 Å². The molecule has 0 spiro atoms. The van der Waals surface area contributed by atoms with Crippen LogP contribution in [0.1, 0.15) is 120 Å². The minimum Gasteiger partial charge on any atom is -0.463 e. The molecule has 0 aliphatic carbocycles. The first-order valence-corrected chi connectivity index (χ1v) is 27.7. The number of rotatable bonds is 42. The van der Waals surface area contributed by atoms with E-state index < -0.39 is 132 Å². The first-order chi connectivity index (χ1) is 35.3. The van der Waals surface area contributed by atoms with E-state index in [4.69, 9.17) is 46.5 Å². The highest BCUT2D eigenvalue weighted by Gasteiger charge is 2.49. The van der Waals surface area contributed by atoms with E-state index in [9.17, 15) is 57.3 Å². The van der Waals surface area contributed by atoms with E-state index in [1.54, 1.807) is 13.8 Å². The second-order valence-electron chi connectivity index (χ2n) is 17.8. The number of esters is 2. The van der Waals surface area contributed by atoms with Crippen LogP contribution in [0.3, 0.4) is 0 Å². The van der Waals surface area contributed by atoms with Gasteiger partial charge < -0.3 is 59.5 Å². The number of amides is 4. The predicted octanol–water partition coefficient (Wildman–Crippen LogP) is 3.10. The summed E-state index contributed by atoms with van der Waals surface area (Å²) < 4.78 is 78.7. The molecule has 1 aliphatic heterocycles. The first-order valence-electron chi connectivity index (χ1n) is 24.8. The van der Waals surface area contributed by atoms with E-state index in [1.165, 1.54) is 27.7 Å². The van der Waals surface area contributed by atoms with Crippen LogP contribution in [-0.4, -0.2) is 165 Å². The highest BCUT2D eigenvalue weighted by Crippen LogP contribution is 2.43. The van der Waals surface area contributed by atoms with Gasteiger partial charge in [-0.1, -0.05) is 24.3 Å². The van der Waals surface area contributed by atoms with Crippen LogP contribution in [0.15, 0.2) is 24.3 Å². The lowest BCUT2D eigenvalue weighted by molar-refractivity contribution is -0.159. The number of phosphoric acid groups is 2. The third kappa shape index (κ3) is 34.9. The van der Waals surface area contributed by atoms with Crippen LogP contribution in [0.5, 0.6) is 0 Å². The number of allylic oxidation sites excluding steroid dienone is 4. The van der Waals surface area contributed by atoms with Crippen molar-refractivity contribution in [3.63, 3.8) is 0 Å². The van der Waals surface area contributed by atoms with Crippen molar-refractivity contribution in [3.05, 3.63) is 24.3 Å². The van der Waals surface area contributed by atoms with Crippen LogP contribution < -0.4 is 21.3 Å². The topological polar surface area (TPSA) is 352 Å². The van der Waals surface area contributed by atoms with E-state index in [-0.39, 0.29) is 64.3 Å². The summed E-state index contributed by atoms with van der Waals surface area (Å²) in [5.41, 5.74) is 0. The minimum absolute atomic E-state index is 0.0855. The Bertz CT molecular complexity index is 1840. The maximum absolute atomic E-state index is 13.2. The second-order valence-corrected chi connectivity index (χ2v) is 20.7. The fourth-order valence-corrected chi connectivity index (χ4v) is 7.96. The van der Waals surface area contributed by atoms with Gasteiger partial charge in [-0.25, -0.2) is 9.13 Å². The summed E-state index contributed by atoms with van der Waals surface area (Å²) in [6.07, 6.45) is 6.66. The molecular weight excluding hydrogens is 1030 g/mol. The number of hydrogen-bond donors (Lipinski definition) is 6. The molecule has 0 aromatic carbocycles. The van der Waals surface area contributed by atoms with Crippen molar-refractivity contribution in [1.82, 2.24) is 21.3 Å². The highest BCUT2D eigenvalue weighted by atomic mass is 31.2. The SMILES string of the molecule is C/C=C\CCCC(=O)O[C@H](C)CCOC[C@H](COP(=O)(O)OCCNC(=O)[C@H]1OC(C)(C)O[C@H]1C(=O)NCCOP(=O)(O)OC[C@@H](COCC[C@@H](C)OC(=O)CCC/C=C\C)NC(=O)CC(C)=O)NC(=O)CC(C)=O. The van der Waals surface area contributed by atoms with Gasteiger partial charge in [0.1, 0.15) is 23.8 Å². The van der Waals surface area contributed by atoms with Crippen molar-refractivity contribution in [2.45, 2.75) is 162 Å². The summed E-state index contributed by atoms with van der Waals surface area (Å²) in [4.78, 5) is 119. The molecule has 1 saturated heterocycles. The minimum atomic E-state index is -4.81. The number of nitrogens with one attached hydrogen (secondary N) is 4. The van der Waals surface area contributed by atoms with Gasteiger partial charge in [-0.05, 0) is 81.1 Å². The lowest BCUT2D eigenvalue weighted by Crippen LogP contribution is -2.48. The smallest absolute Gasteiger partial charge is 0.463 e. The Kier molecular flexibility index (Phi) is 34.3. The highest BCUT2D eigenvalue weighted by molar-refractivity contribution is 7.47. The second kappa shape index (κ2) is 37.5. The summed E-state index contributed by atoms with van der Waals surface area (Å²) >= 11 is 0. The Morgan fingerprint density at radius 1 is 0.600 bits per heavy atom. The van der Waals surface area contributed by atoms with Gasteiger partial charge in [-0.15, -0.1) is 0 Å². The molecule has 8 atom stereocenters. The van der Waals surface area contributed by atoms with Crippen LogP contribution in [0.4, 0.5) is 0 Å². The molecule has 0 radical (unpaired) electrons. The van der Waals surface area contributed by atoms with E-state index in [0.717, 1.165) is 12.8 Å². The van der Waals surface area contributed by atoms with E-state index in [0.29, 0.717) is 25.7 Å². The summed E-state index contributed by atoms with van der Waals surface area (Å²) in [7, 11) is -9.63. The zero-order valence-electron chi connectivity index (χ0n) is 44.4. The fourth-order valence-electron chi connectivity index (χ4n) is 6.43. The molecule has 1 fully saturated rings. The van der Waals surface area contributed by atoms with Gasteiger partial charge in [0.25, 0.3) is 11.8 Å². The number of carbonyl (C=O) groups excluding carboxylic acids is 8. The molecular formula is C47H80N4O22P2. The Labute approximate surface area is 438 Å². The molecule has 0 bridgehead atoms. The summed E-state index contributed by atoms with van der Waals surface area (Å²) in [5, 5.41) is 9.80. The van der Waals surface area contributed by atoms with Crippen molar-refractivity contribution in [3.8, 4) is 0 Å². The van der Waals surface area contributed by atoms with Crippen LogP contribution >= 0.6 is 15.6 Å². The quantitative estimate of drug-likeness (QED) is 0.0168. The molecule has 75 heavy (non-hydrogen) atoms. The van der Waals surface area contributed by atoms with Gasteiger partial charge in [0, 0.05) is 38.8 Å². The number of unbranched alkanes of at least 4 members (excludes halogenated alkanes) is 2. The van der Waals surface area contributed by atoms with Crippen molar-refractivity contribution >= 4 is 62.8 Å². The summed E-state index contributed by atoms with van der Waals surface area (Å²) in [6.45, 7) is 9.09. The monoisotopic (exact) mass is 1110 g/mol. The standard InChI is InChI=1S/C47H80N4O22P2/c1-9-11-13-15-17-41(56)70-35(5)19-23-64-29-37(50-39(54)27-33(3)52)31-68-74(60,61)66-25-21-48-45(58)43-44(73-47(7,8)72-43)46(59)49-22-26-67-75(62,63)69-32-38(51-40(55)28-34(4)53)30-65-24-20-36(6)71-42(57)18-16-14-12-10-2/h9-12,35-38,43-44H,13-32H2,1-8H3,(H,48,58)(H,49,59)(H,50,54)(H,51,55)(H,60,61)(H,62,63)/b11-9-,12-10-/t35-,36-,37-,38-,43-,44+/m1/s1. The van der Waals surface area contributed by atoms with Gasteiger partial charge in [0.15, 0.2) is 18.0 Å². The molecule has 1 aliphatic rings. The molecule has 1 heterocycles. The molecule has 26 nitrogen and oxygen atoms in total. The average Bonchev–Trinajstić information content (AvgIpc) is 3.65. The molecule has 1 rings (SSSR count). The maximum Gasteiger partial charge on any atom is 0.472 e. The van der Waals surface area contributed by atoms with Crippen molar-refractivity contribution < 1.29 is 104 Å². The van der Waals surface area contributed by atoms with Crippen LogP contribution in [-0.2, 0) is 94.0 Å². The largest absolute Gasteiger partial charge is 0.472 e. The number of carbonyl (C=O) groups is 8. The molecule has 6 N–H and O–H groups in total. The fraction of sp³-hybridized carbons (Fsp3) is 0.745. The molecule has 2 unspecified atom stereocenters. The Hall–Kier alpha value is -4.30. The normalized spacial score (nSPS) is 18.5. The van der Waals surface area contributed by atoms with Gasteiger partial charge in [0.2, 0.25) is 11.8 Å². The number of hydrogen-bond acceptors (Lipinski definition) is 20. The van der Waals surface area contributed by atoms with Crippen LogP contribution in [0, 0.1) is 0 Å². The Morgan fingerprint density at radius 3 is 1.32 bits per heavy atom. The molecule has 0 aromatic heterocycles. The first kappa shape index (κ1) is 68.7. The zero-order chi connectivity index (χ0) is 56.5. The van der Waals surface area contributed by atoms with E-state index in [1.807, 2.05) is 38.2 Å². The number of ketones is 2. The van der Waals surface area contributed by atoms with Crippen LogP contribution in [0.2, 0.25) is 0 Å². The van der Waals surface area contributed by atoms with Crippen molar-refractivity contribution in [2.24, 2.45) is 0 Å². The Balaban J connectivity index is 2.65. The molecule has 0 saturated carbocycles. The average molecular weight is 1120 g/mol. The molecule has 4 amide bonds. The van der Waals surface area contributed by atoms with Crippen molar-refractivity contribution in [2.75, 3.05) is 65.9 Å². The Morgan fingerprint density at radius 2 is 0.973 bits per heavy atom. The van der Waals surface area contributed by atoms with Gasteiger partial charge in [0.05, 0.1) is 77.8 Å². The van der Waals surface area contributed by atoms with Crippen LogP contribution in [0.25, 0.3) is 0 Å². The predicted molar refractivity (Wildman–Crippen MR) is 267 cm³/mol. The van der Waals surface area contributed by atoms with E-state index in [2.05, 4.69) is 21.3 Å². The maximum atomic E-state index is 13.2. The molecule has 0 aromatic rings.